The molecule has 1 aromatic rings. The van der Waals surface area contributed by atoms with Crippen molar-refractivity contribution in [3.05, 3.63) is 28.2 Å². The van der Waals surface area contributed by atoms with Crippen molar-refractivity contribution in [2.45, 2.75) is 11.4 Å². The van der Waals surface area contributed by atoms with Gasteiger partial charge in [-0.1, -0.05) is 22.0 Å². The van der Waals surface area contributed by atoms with E-state index in [9.17, 15) is 0 Å². The Labute approximate surface area is 110 Å². The highest BCUT2D eigenvalue weighted by Gasteiger charge is 2.13. The van der Waals surface area contributed by atoms with Crippen molar-refractivity contribution in [3.8, 4) is 0 Å². The maximum Gasteiger partial charge on any atom is 0.0257 e. The van der Waals surface area contributed by atoms with E-state index in [1.54, 1.807) is 0 Å². The molecule has 0 bridgehead atoms. The van der Waals surface area contributed by atoms with Gasteiger partial charge >= 0.3 is 0 Å². The lowest BCUT2D eigenvalue weighted by molar-refractivity contribution is 0.231. The van der Waals surface area contributed by atoms with Crippen LogP contribution in [0.15, 0.2) is 27.6 Å². The quantitative estimate of drug-likeness (QED) is 0.864. The predicted molar refractivity (Wildman–Crippen MR) is 74.1 cm³/mol. The molecule has 1 fully saturated rings. The van der Waals surface area contributed by atoms with Crippen LogP contribution in [0.5, 0.6) is 0 Å². The standard InChI is InChI=1S/C12H17BrN2S/c1-16-12-4-2-3-11(13)10(12)9-15-7-5-14-6-8-15/h2-4,14H,5-9H2,1H3. The molecule has 2 rings (SSSR count). The molecular weight excluding hydrogens is 284 g/mol. The minimum absolute atomic E-state index is 1.05. The van der Waals surface area contributed by atoms with Crippen molar-refractivity contribution in [2.24, 2.45) is 0 Å². The second kappa shape index (κ2) is 6.05. The maximum atomic E-state index is 3.66. The van der Waals surface area contributed by atoms with Crippen LogP contribution >= 0.6 is 27.7 Å². The van der Waals surface area contributed by atoms with E-state index in [2.05, 4.69) is 50.6 Å². The molecule has 1 heterocycles. The van der Waals surface area contributed by atoms with Crippen molar-refractivity contribution in [1.82, 2.24) is 10.2 Å². The van der Waals surface area contributed by atoms with Crippen LogP contribution in [0, 0.1) is 0 Å². The van der Waals surface area contributed by atoms with Crippen LogP contribution in [0.1, 0.15) is 5.56 Å². The number of thioether (sulfide) groups is 1. The van der Waals surface area contributed by atoms with Gasteiger partial charge in [0.15, 0.2) is 0 Å². The van der Waals surface area contributed by atoms with Gasteiger partial charge in [-0.2, -0.15) is 0 Å². The Hall–Kier alpha value is -0.0300. The highest BCUT2D eigenvalue weighted by molar-refractivity contribution is 9.10. The molecule has 0 aromatic heterocycles. The van der Waals surface area contributed by atoms with Crippen LogP contribution in [0.4, 0.5) is 0 Å². The average molecular weight is 301 g/mol. The Morgan fingerprint density at radius 2 is 2.12 bits per heavy atom. The van der Waals surface area contributed by atoms with E-state index in [0.29, 0.717) is 0 Å². The normalized spacial score (nSPS) is 17.6. The Kier molecular flexibility index (Phi) is 4.70. The average Bonchev–Trinajstić information content (AvgIpc) is 2.33. The molecule has 16 heavy (non-hydrogen) atoms. The molecule has 0 unspecified atom stereocenters. The van der Waals surface area contributed by atoms with Crippen LogP contribution in [-0.4, -0.2) is 37.3 Å². The lowest BCUT2D eigenvalue weighted by Crippen LogP contribution is -2.43. The van der Waals surface area contributed by atoms with E-state index >= 15 is 0 Å². The molecule has 0 aliphatic carbocycles. The first-order chi connectivity index (χ1) is 7.81. The zero-order valence-corrected chi connectivity index (χ0v) is 11.9. The highest BCUT2D eigenvalue weighted by atomic mass is 79.9. The molecule has 4 heteroatoms. The Bertz CT molecular complexity index is 351. The van der Waals surface area contributed by atoms with Crippen LogP contribution in [0.25, 0.3) is 0 Å². The Morgan fingerprint density at radius 1 is 1.38 bits per heavy atom. The molecule has 1 saturated heterocycles. The Balaban J connectivity index is 2.12. The summed E-state index contributed by atoms with van der Waals surface area (Å²) in [5.41, 5.74) is 1.43. The van der Waals surface area contributed by atoms with E-state index < -0.39 is 0 Å². The first kappa shape index (κ1) is 12.4. The number of nitrogens with zero attached hydrogens (tertiary/aromatic N) is 1. The number of piperazine rings is 1. The third-order valence-corrected chi connectivity index (χ3v) is 4.45. The number of nitrogens with one attached hydrogen (secondary N) is 1. The minimum Gasteiger partial charge on any atom is -0.314 e. The number of benzene rings is 1. The maximum absolute atomic E-state index is 3.66. The van der Waals surface area contributed by atoms with Gasteiger partial charge in [-0.05, 0) is 24.0 Å². The van der Waals surface area contributed by atoms with Gasteiger partial charge in [-0.3, -0.25) is 4.90 Å². The number of rotatable bonds is 3. The highest BCUT2D eigenvalue weighted by Crippen LogP contribution is 2.28. The van der Waals surface area contributed by atoms with E-state index in [4.69, 9.17) is 0 Å². The van der Waals surface area contributed by atoms with Gasteiger partial charge in [0.2, 0.25) is 0 Å². The lowest BCUT2D eigenvalue weighted by Gasteiger charge is -2.28. The molecular formula is C12H17BrN2S. The molecule has 0 amide bonds. The topological polar surface area (TPSA) is 15.3 Å². The Morgan fingerprint density at radius 3 is 2.81 bits per heavy atom. The number of halogens is 1. The van der Waals surface area contributed by atoms with Gasteiger partial charge in [-0.15, -0.1) is 11.8 Å². The second-order valence-electron chi connectivity index (χ2n) is 3.95. The van der Waals surface area contributed by atoms with Gasteiger partial charge in [-0.25, -0.2) is 0 Å². The summed E-state index contributed by atoms with van der Waals surface area (Å²) in [4.78, 5) is 3.89. The fourth-order valence-electron chi connectivity index (χ4n) is 1.98. The summed E-state index contributed by atoms with van der Waals surface area (Å²) in [5.74, 6) is 0. The smallest absolute Gasteiger partial charge is 0.0257 e. The first-order valence-electron chi connectivity index (χ1n) is 5.55. The third-order valence-electron chi connectivity index (χ3n) is 2.89. The van der Waals surface area contributed by atoms with Crippen LogP contribution in [-0.2, 0) is 6.54 Å². The van der Waals surface area contributed by atoms with E-state index in [-0.39, 0.29) is 0 Å². The molecule has 0 radical (unpaired) electrons. The zero-order chi connectivity index (χ0) is 11.4. The summed E-state index contributed by atoms with van der Waals surface area (Å²) in [6.45, 7) is 5.57. The summed E-state index contributed by atoms with van der Waals surface area (Å²) in [6.07, 6.45) is 2.14. The van der Waals surface area contributed by atoms with Crippen LogP contribution in [0.2, 0.25) is 0 Å². The molecule has 1 N–H and O–H groups in total. The summed E-state index contributed by atoms with van der Waals surface area (Å²) in [5, 5.41) is 3.39. The van der Waals surface area contributed by atoms with E-state index in [1.807, 2.05) is 11.8 Å². The van der Waals surface area contributed by atoms with Crippen molar-refractivity contribution < 1.29 is 0 Å². The second-order valence-corrected chi connectivity index (χ2v) is 5.65. The largest absolute Gasteiger partial charge is 0.314 e. The summed E-state index contributed by atoms with van der Waals surface area (Å²) < 4.78 is 1.23. The van der Waals surface area contributed by atoms with Gasteiger partial charge in [0, 0.05) is 42.1 Å². The molecule has 0 saturated carbocycles. The van der Waals surface area contributed by atoms with Gasteiger partial charge in [0.05, 0.1) is 0 Å². The predicted octanol–water partition coefficient (Wildman–Crippen LogP) is 2.58. The summed E-state index contributed by atoms with van der Waals surface area (Å²) in [6, 6.07) is 6.45. The van der Waals surface area contributed by atoms with Crippen LogP contribution < -0.4 is 5.32 Å². The fraction of sp³-hybridized carbons (Fsp3) is 0.500. The van der Waals surface area contributed by atoms with Crippen molar-refractivity contribution >= 4 is 27.7 Å². The van der Waals surface area contributed by atoms with Gasteiger partial charge in [0.25, 0.3) is 0 Å². The molecule has 1 aliphatic heterocycles. The minimum atomic E-state index is 1.05. The monoisotopic (exact) mass is 300 g/mol. The summed E-state index contributed by atoms with van der Waals surface area (Å²) in [7, 11) is 0. The van der Waals surface area contributed by atoms with E-state index in [0.717, 1.165) is 32.7 Å². The number of hydrogen-bond donors (Lipinski definition) is 1. The van der Waals surface area contributed by atoms with Gasteiger partial charge in [0.1, 0.15) is 0 Å². The molecule has 88 valence electrons. The van der Waals surface area contributed by atoms with Gasteiger partial charge < -0.3 is 5.32 Å². The zero-order valence-electron chi connectivity index (χ0n) is 9.50. The molecule has 0 atom stereocenters. The number of hydrogen-bond acceptors (Lipinski definition) is 3. The first-order valence-corrected chi connectivity index (χ1v) is 7.57. The van der Waals surface area contributed by atoms with Crippen molar-refractivity contribution in [2.75, 3.05) is 32.4 Å². The molecule has 2 nitrogen and oxygen atoms in total. The lowest BCUT2D eigenvalue weighted by atomic mass is 10.2. The van der Waals surface area contributed by atoms with Crippen molar-refractivity contribution in [1.29, 1.82) is 0 Å². The SMILES string of the molecule is CSc1cccc(Br)c1CN1CCNCC1. The molecule has 0 spiro atoms. The van der Waals surface area contributed by atoms with Crippen LogP contribution in [0.3, 0.4) is 0 Å². The molecule has 1 aromatic carbocycles. The fourth-order valence-corrected chi connectivity index (χ4v) is 3.23. The third kappa shape index (κ3) is 3.00. The molecule has 1 aliphatic rings. The van der Waals surface area contributed by atoms with E-state index in [1.165, 1.54) is 14.9 Å². The van der Waals surface area contributed by atoms with Crippen molar-refractivity contribution in [3.63, 3.8) is 0 Å². The summed E-state index contributed by atoms with van der Waals surface area (Å²) >= 11 is 5.48.